The van der Waals surface area contributed by atoms with Gasteiger partial charge in [0.1, 0.15) is 0 Å². The summed E-state index contributed by atoms with van der Waals surface area (Å²) in [5.41, 5.74) is 3.58. The molecule has 2 rings (SSSR count). The van der Waals surface area contributed by atoms with Gasteiger partial charge in [0.05, 0.1) is 0 Å². The molecule has 0 saturated carbocycles. The minimum absolute atomic E-state index is 0.128. The number of rotatable bonds is 4. The molecular formula is C17H19N3O2. The number of nitrogens with one attached hydrogen (secondary N) is 3. The molecule has 0 aliphatic rings. The Balaban J connectivity index is 1.87. The van der Waals surface area contributed by atoms with Crippen LogP contribution in [0, 0.1) is 6.92 Å². The number of aryl methyl sites for hydroxylation is 1. The molecule has 5 heteroatoms. The Kier molecular flexibility index (Phi) is 5.14. The molecule has 0 atom stereocenters. The van der Waals surface area contributed by atoms with Gasteiger partial charge in [0.15, 0.2) is 0 Å². The third-order valence-corrected chi connectivity index (χ3v) is 3.16. The molecule has 0 aromatic heterocycles. The number of carbonyl (C=O) groups excluding carboxylic acids is 2. The average molecular weight is 297 g/mol. The summed E-state index contributed by atoms with van der Waals surface area (Å²) in [5.74, 6) is -0.128. The Hall–Kier alpha value is -2.82. The topological polar surface area (TPSA) is 70.2 Å². The van der Waals surface area contributed by atoms with Crippen molar-refractivity contribution < 1.29 is 9.59 Å². The molecule has 0 saturated heterocycles. The fourth-order valence-corrected chi connectivity index (χ4v) is 2.00. The maximum Gasteiger partial charge on any atom is 0.319 e. The van der Waals surface area contributed by atoms with Crippen LogP contribution < -0.4 is 16.0 Å². The van der Waals surface area contributed by atoms with Crippen LogP contribution in [0.4, 0.5) is 16.2 Å². The van der Waals surface area contributed by atoms with Crippen molar-refractivity contribution in [3.05, 3.63) is 59.7 Å². The Morgan fingerprint density at radius 3 is 2.09 bits per heavy atom. The summed E-state index contributed by atoms with van der Waals surface area (Å²) in [7, 11) is 0. The lowest BCUT2D eigenvalue weighted by atomic mass is 10.1. The molecule has 0 aliphatic heterocycles. The Morgan fingerprint density at radius 2 is 1.50 bits per heavy atom. The number of benzene rings is 2. The number of urea groups is 1. The Bertz CT molecular complexity index is 666. The Labute approximate surface area is 129 Å². The van der Waals surface area contributed by atoms with Gasteiger partial charge in [-0.2, -0.15) is 0 Å². The maximum absolute atomic E-state index is 11.9. The van der Waals surface area contributed by atoms with Crippen LogP contribution in [-0.4, -0.2) is 11.9 Å². The molecule has 2 aromatic carbocycles. The monoisotopic (exact) mass is 297 g/mol. The molecule has 0 heterocycles. The van der Waals surface area contributed by atoms with E-state index >= 15 is 0 Å². The summed E-state index contributed by atoms with van der Waals surface area (Å²) in [5, 5.41) is 8.24. The predicted molar refractivity (Wildman–Crippen MR) is 87.8 cm³/mol. The fourth-order valence-electron chi connectivity index (χ4n) is 2.00. The van der Waals surface area contributed by atoms with Crippen LogP contribution in [0.5, 0.6) is 0 Å². The standard InChI is InChI=1S/C17H19N3O2/c1-12-5-3-4-6-14(12)11-18-17(22)20-16-9-7-15(8-10-16)19-13(2)21/h3-10H,11H2,1-2H3,(H,19,21)(H2,18,20,22). The smallest absolute Gasteiger partial charge is 0.319 e. The van der Waals surface area contributed by atoms with E-state index in [9.17, 15) is 9.59 Å². The van der Waals surface area contributed by atoms with Gasteiger partial charge in [-0.1, -0.05) is 24.3 Å². The van der Waals surface area contributed by atoms with E-state index in [0.29, 0.717) is 17.9 Å². The van der Waals surface area contributed by atoms with Crippen molar-refractivity contribution in [2.75, 3.05) is 10.6 Å². The molecule has 114 valence electrons. The van der Waals surface area contributed by atoms with Crippen molar-refractivity contribution in [3.63, 3.8) is 0 Å². The first-order chi connectivity index (χ1) is 10.5. The summed E-state index contributed by atoms with van der Waals surface area (Å²) >= 11 is 0. The second kappa shape index (κ2) is 7.26. The van der Waals surface area contributed by atoms with Gasteiger partial charge in [-0.15, -0.1) is 0 Å². The lowest BCUT2D eigenvalue weighted by molar-refractivity contribution is -0.114. The molecule has 0 bridgehead atoms. The molecule has 3 amide bonds. The van der Waals surface area contributed by atoms with Crippen LogP contribution in [-0.2, 0) is 11.3 Å². The zero-order valence-corrected chi connectivity index (χ0v) is 12.6. The van der Waals surface area contributed by atoms with Gasteiger partial charge < -0.3 is 16.0 Å². The highest BCUT2D eigenvalue weighted by Gasteiger charge is 2.03. The molecule has 0 fully saturated rings. The van der Waals surface area contributed by atoms with E-state index in [4.69, 9.17) is 0 Å². The quantitative estimate of drug-likeness (QED) is 0.810. The lowest BCUT2D eigenvalue weighted by Gasteiger charge is -2.10. The van der Waals surface area contributed by atoms with Crippen LogP contribution in [0.1, 0.15) is 18.1 Å². The van der Waals surface area contributed by atoms with Gasteiger partial charge in [-0.25, -0.2) is 4.79 Å². The number of hydrogen-bond acceptors (Lipinski definition) is 2. The van der Waals surface area contributed by atoms with Gasteiger partial charge in [0.25, 0.3) is 0 Å². The summed E-state index contributed by atoms with van der Waals surface area (Å²) in [6.45, 7) is 3.93. The van der Waals surface area contributed by atoms with Crippen molar-refractivity contribution in [1.82, 2.24) is 5.32 Å². The molecular weight excluding hydrogens is 278 g/mol. The molecule has 3 N–H and O–H groups in total. The maximum atomic E-state index is 11.9. The first-order valence-corrected chi connectivity index (χ1v) is 7.01. The van der Waals surface area contributed by atoms with Crippen LogP contribution in [0.25, 0.3) is 0 Å². The largest absolute Gasteiger partial charge is 0.334 e. The first kappa shape index (κ1) is 15.6. The van der Waals surface area contributed by atoms with Gasteiger partial charge in [-0.05, 0) is 42.3 Å². The van der Waals surface area contributed by atoms with Crippen LogP contribution in [0.15, 0.2) is 48.5 Å². The third kappa shape index (κ3) is 4.63. The summed E-state index contributed by atoms with van der Waals surface area (Å²) in [6, 6.07) is 14.6. The first-order valence-electron chi connectivity index (χ1n) is 7.01. The van der Waals surface area contributed by atoms with E-state index in [1.165, 1.54) is 6.92 Å². The van der Waals surface area contributed by atoms with E-state index in [-0.39, 0.29) is 11.9 Å². The highest BCUT2D eigenvalue weighted by atomic mass is 16.2. The molecule has 5 nitrogen and oxygen atoms in total. The second-order valence-corrected chi connectivity index (χ2v) is 4.99. The van der Waals surface area contributed by atoms with Crippen LogP contribution in [0.3, 0.4) is 0 Å². The number of amides is 3. The van der Waals surface area contributed by atoms with Crippen LogP contribution in [0.2, 0.25) is 0 Å². The predicted octanol–water partition coefficient (Wildman–Crippen LogP) is 3.28. The number of hydrogen-bond donors (Lipinski definition) is 3. The second-order valence-electron chi connectivity index (χ2n) is 4.99. The summed E-state index contributed by atoms with van der Waals surface area (Å²) < 4.78 is 0. The molecule has 2 aromatic rings. The summed E-state index contributed by atoms with van der Waals surface area (Å²) in [6.07, 6.45) is 0. The fraction of sp³-hybridized carbons (Fsp3) is 0.176. The van der Waals surface area contributed by atoms with Crippen molar-refractivity contribution in [3.8, 4) is 0 Å². The van der Waals surface area contributed by atoms with Gasteiger partial charge in [0, 0.05) is 24.8 Å². The summed E-state index contributed by atoms with van der Waals surface area (Å²) in [4.78, 5) is 22.8. The van der Waals surface area contributed by atoms with E-state index in [2.05, 4.69) is 16.0 Å². The molecule has 0 unspecified atom stereocenters. The van der Waals surface area contributed by atoms with Crippen molar-refractivity contribution in [2.45, 2.75) is 20.4 Å². The average Bonchev–Trinajstić information content (AvgIpc) is 2.48. The van der Waals surface area contributed by atoms with E-state index in [1.54, 1.807) is 24.3 Å². The van der Waals surface area contributed by atoms with Gasteiger partial charge in [-0.3, -0.25) is 4.79 Å². The normalized spacial score (nSPS) is 9.91. The highest BCUT2D eigenvalue weighted by Crippen LogP contribution is 2.13. The molecule has 0 aliphatic carbocycles. The number of carbonyl (C=O) groups is 2. The molecule has 0 spiro atoms. The Morgan fingerprint density at radius 1 is 0.909 bits per heavy atom. The third-order valence-electron chi connectivity index (χ3n) is 3.16. The molecule has 0 radical (unpaired) electrons. The molecule has 22 heavy (non-hydrogen) atoms. The lowest BCUT2D eigenvalue weighted by Crippen LogP contribution is -2.28. The van der Waals surface area contributed by atoms with Gasteiger partial charge in [0.2, 0.25) is 5.91 Å². The van der Waals surface area contributed by atoms with Crippen molar-refractivity contribution in [2.24, 2.45) is 0 Å². The SMILES string of the molecule is CC(=O)Nc1ccc(NC(=O)NCc2ccccc2C)cc1. The van der Waals surface area contributed by atoms with E-state index in [0.717, 1.165) is 11.1 Å². The number of anilines is 2. The highest BCUT2D eigenvalue weighted by molar-refractivity contribution is 5.91. The van der Waals surface area contributed by atoms with Crippen molar-refractivity contribution in [1.29, 1.82) is 0 Å². The van der Waals surface area contributed by atoms with E-state index in [1.807, 2.05) is 31.2 Å². The zero-order valence-electron chi connectivity index (χ0n) is 12.6. The minimum atomic E-state index is -0.268. The van der Waals surface area contributed by atoms with Crippen LogP contribution >= 0.6 is 0 Å². The zero-order chi connectivity index (χ0) is 15.9. The van der Waals surface area contributed by atoms with Crippen molar-refractivity contribution >= 4 is 23.3 Å². The minimum Gasteiger partial charge on any atom is -0.334 e. The van der Waals surface area contributed by atoms with Gasteiger partial charge >= 0.3 is 6.03 Å². The van der Waals surface area contributed by atoms with E-state index < -0.39 is 0 Å².